The summed E-state index contributed by atoms with van der Waals surface area (Å²) in [4.78, 5) is 12.0. The lowest BCUT2D eigenvalue weighted by atomic mass is 10.2. The molecular weight excluding hydrogens is 384 g/mol. The normalized spacial score (nSPS) is 19.0. The number of hydrogen-bond donors (Lipinski definition) is 1. The number of thioether (sulfide) groups is 1. The Morgan fingerprint density at radius 3 is 2.72 bits per heavy atom. The van der Waals surface area contributed by atoms with Crippen molar-refractivity contribution in [2.45, 2.75) is 17.6 Å². The first kappa shape index (κ1) is 18.2. The molecule has 2 heterocycles. The number of nitrogens with one attached hydrogen (secondary N) is 1. The van der Waals surface area contributed by atoms with Gasteiger partial charge in [-0.2, -0.15) is 0 Å². The molecule has 1 saturated heterocycles. The topological polar surface area (TPSA) is 94.0 Å². The van der Waals surface area contributed by atoms with Crippen molar-refractivity contribution in [3.8, 4) is 11.4 Å². The maximum atomic E-state index is 12.0. The summed E-state index contributed by atoms with van der Waals surface area (Å²) in [6, 6.07) is 6.98. The van der Waals surface area contributed by atoms with Crippen LogP contribution >= 0.6 is 23.4 Å². The largest absolute Gasteiger partial charge is 0.352 e. The van der Waals surface area contributed by atoms with Gasteiger partial charge in [-0.25, -0.2) is 8.42 Å². The van der Waals surface area contributed by atoms with Crippen LogP contribution in [0, 0.1) is 0 Å². The fourth-order valence-corrected chi connectivity index (χ4v) is 5.12. The maximum Gasteiger partial charge on any atom is 0.230 e. The van der Waals surface area contributed by atoms with Gasteiger partial charge in [0, 0.05) is 23.7 Å². The van der Waals surface area contributed by atoms with E-state index >= 15 is 0 Å². The van der Waals surface area contributed by atoms with Crippen molar-refractivity contribution in [3.63, 3.8) is 0 Å². The highest BCUT2D eigenvalue weighted by Gasteiger charge is 2.28. The van der Waals surface area contributed by atoms with E-state index in [9.17, 15) is 13.2 Å². The second-order valence-corrected chi connectivity index (χ2v) is 9.44. The summed E-state index contributed by atoms with van der Waals surface area (Å²) >= 11 is 7.15. The van der Waals surface area contributed by atoms with Gasteiger partial charge in [-0.3, -0.25) is 4.79 Å². The van der Waals surface area contributed by atoms with E-state index in [0.29, 0.717) is 22.4 Å². The zero-order valence-corrected chi connectivity index (χ0v) is 15.9. The number of nitrogens with zero attached hydrogens (tertiary/aromatic N) is 3. The zero-order chi connectivity index (χ0) is 18.0. The molecule has 1 aromatic carbocycles. The molecule has 1 aliphatic rings. The third-order valence-corrected chi connectivity index (χ3v) is 6.91. The zero-order valence-electron chi connectivity index (χ0n) is 13.5. The molecule has 0 aliphatic carbocycles. The number of carbonyl (C=O) groups excluding carboxylic acids is 1. The van der Waals surface area contributed by atoms with Gasteiger partial charge in [-0.1, -0.05) is 23.4 Å². The molecule has 134 valence electrons. The molecular formula is C15H17ClN4O3S2. The molecule has 1 aliphatic heterocycles. The Labute approximate surface area is 155 Å². The lowest BCUT2D eigenvalue weighted by molar-refractivity contribution is -0.119. The van der Waals surface area contributed by atoms with E-state index in [-0.39, 0.29) is 29.2 Å². The van der Waals surface area contributed by atoms with E-state index in [4.69, 9.17) is 11.6 Å². The molecule has 0 radical (unpaired) electrons. The van der Waals surface area contributed by atoms with Gasteiger partial charge in [0.15, 0.2) is 20.8 Å². The second kappa shape index (κ2) is 7.35. The average Bonchev–Trinajstić information content (AvgIpc) is 3.08. The lowest BCUT2D eigenvalue weighted by Crippen LogP contribution is -2.36. The number of halogens is 1. The van der Waals surface area contributed by atoms with Crippen LogP contribution in [-0.2, 0) is 21.7 Å². The van der Waals surface area contributed by atoms with E-state index < -0.39 is 9.84 Å². The van der Waals surface area contributed by atoms with E-state index in [2.05, 4.69) is 15.5 Å². The molecule has 0 bridgehead atoms. The van der Waals surface area contributed by atoms with Crippen molar-refractivity contribution in [1.29, 1.82) is 0 Å². The molecule has 25 heavy (non-hydrogen) atoms. The van der Waals surface area contributed by atoms with Gasteiger partial charge in [-0.05, 0) is 30.7 Å². The number of rotatable bonds is 5. The van der Waals surface area contributed by atoms with Crippen LogP contribution < -0.4 is 5.32 Å². The number of hydrogen-bond acceptors (Lipinski definition) is 6. The first-order valence-electron chi connectivity index (χ1n) is 7.62. The average molecular weight is 401 g/mol. The summed E-state index contributed by atoms with van der Waals surface area (Å²) in [6.07, 6.45) is 0.476. The third kappa shape index (κ3) is 4.53. The van der Waals surface area contributed by atoms with E-state index in [1.165, 1.54) is 11.8 Å². The van der Waals surface area contributed by atoms with E-state index in [0.717, 1.165) is 5.56 Å². The monoisotopic (exact) mass is 400 g/mol. The van der Waals surface area contributed by atoms with Gasteiger partial charge in [0.2, 0.25) is 5.91 Å². The Hall–Kier alpha value is -1.58. The van der Waals surface area contributed by atoms with E-state index in [1.807, 2.05) is 19.2 Å². The van der Waals surface area contributed by atoms with Gasteiger partial charge < -0.3 is 9.88 Å². The van der Waals surface area contributed by atoms with Crippen molar-refractivity contribution in [1.82, 2.24) is 20.1 Å². The number of aromatic nitrogens is 3. The summed E-state index contributed by atoms with van der Waals surface area (Å²) in [6.45, 7) is 0. The summed E-state index contributed by atoms with van der Waals surface area (Å²) in [5.41, 5.74) is 0.881. The maximum absolute atomic E-state index is 12.0. The van der Waals surface area contributed by atoms with E-state index in [1.54, 1.807) is 16.7 Å². The van der Waals surface area contributed by atoms with Crippen LogP contribution in [0.3, 0.4) is 0 Å². The quantitative estimate of drug-likeness (QED) is 0.765. The van der Waals surface area contributed by atoms with Crippen LogP contribution in [0.4, 0.5) is 0 Å². The highest BCUT2D eigenvalue weighted by molar-refractivity contribution is 7.99. The van der Waals surface area contributed by atoms with Gasteiger partial charge in [0.25, 0.3) is 0 Å². The number of amides is 1. The van der Waals surface area contributed by atoms with Crippen molar-refractivity contribution in [2.75, 3.05) is 17.3 Å². The molecule has 0 saturated carbocycles. The minimum absolute atomic E-state index is 0.0219. The number of benzene rings is 1. The van der Waals surface area contributed by atoms with Crippen molar-refractivity contribution in [2.24, 2.45) is 7.05 Å². The molecule has 7 nitrogen and oxygen atoms in total. The van der Waals surface area contributed by atoms with Crippen LogP contribution in [0.15, 0.2) is 29.4 Å². The van der Waals surface area contributed by atoms with Gasteiger partial charge in [0.1, 0.15) is 0 Å². The Balaban J connectivity index is 1.59. The summed E-state index contributed by atoms with van der Waals surface area (Å²) < 4.78 is 24.6. The lowest BCUT2D eigenvalue weighted by Gasteiger charge is -2.10. The summed E-state index contributed by atoms with van der Waals surface area (Å²) in [5, 5.41) is 12.3. The first-order chi connectivity index (χ1) is 11.8. The fraction of sp³-hybridized carbons (Fsp3) is 0.400. The Bertz CT molecular complexity index is 881. The second-order valence-electron chi connectivity index (χ2n) is 5.83. The molecule has 3 rings (SSSR count). The van der Waals surface area contributed by atoms with Crippen molar-refractivity contribution >= 4 is 39.1 Å². The summed E-state index contributed by atoms with van der Waals surface area (Å²) in [7, 11) is -1.18. The predicted octanol–water partition coefficient (Wildman–Crippen LogP) is 1.53. The molecule has 0 spiro atoms. The van der Waals surface area contributed by atoms with Gasteiger partial charge >= 0.3 is 0 Å². The minimum Gasteiger partial charge on any atom is -0.352 e. The van der Waals surface area contributed by atoms with Crippen LogP contribution in [0.5, 0.6) is 0 Å². The predicted molar refractivity (Wildman–Crippen MR) is 97.4 cm³/mol. The molecule has 1 aromatic heterocycles. The standard InChI is InChI=1S/C15H17ClN4O3S2/c1-20-14(10-2-4-11(16)5-3-10)18-19-15(20)24-8-13(21)17-12-6-7-25(22,23)9-12/h2-5,12H,6-9H2,1H3,(H,17,21)/t12-/m1/s1. The van der Waals surface area contributed by atoms with Crippen LogP contribution in [0.2, 0.25) is 5.02 Å². The highest BCUT2D eigenvalue weighted by Crippen LogP contribution is 2.23. The number of sulfone groups is 1. The molecule has 1 N–H and O–H groups in total. The minimum atomic E-state index is -3.00. The SMILES string of the molecule is Cn1c(SCC(=O)N[C@@H]2CCS(=O)(=O)C2)nnc1-c1ccc(Cl)cc1. The molecule has 2 aromatic rings. The van der Waals surface area contributed by atoms with Crippen LogP contribution in [0.25, 0.3) is 11.4 Å². The first-order valence-corrected chi connectivity index (χ1v) is 10.8. The highest BCUT2D eigenvalue weighted by atomic mass is 35.5. The smallest absolute Gasteiger partial charge is 0.230 e. The van der Waals surface area contributed by atoms with Crippen LogP contribution in [0.1, 0.15) is 6.42 Å². The molecule has 1 fully saturated rings. The summed E-state index contributed by atoms with van der Waals surface area (Å²) in [5.74, 6) is 0.792. The van der Waals surface area contributed by atoms with Gasteiger partial charge in [0.05, 0.1) is 17.3 Å². The Morgan fingerprint density at radius 1 is 1.36 bits per heavy atom. The fourth-order valence-electron chi connectivity index (χ4n) is 2.60. The Kier molecular flexibility index (Phi) is 5.35. The van der Waals surface area contributed by atoms with Gasteiger partial charge in [-0.15, -0.1) is 10.2 Å². The van der Waals surface area contributed by atoms with Crippen molar-refractivity contribution < 1.29 is 13.2 Å². The molecule has 1 atom stereocenters. The Morgan fingerprint density at radius 2 is 2.08 bits per heavy atom. The third-order valence-electron chi connectivity index (χ3n) is 3.87. The molecule has 1 amide bonds. The molecule has 10 heteroatoms. The number of carbonyl (C=O) groups is 1. The molecule has 0 unspecified atom stereocenters. The van der Waals surface area contributed by atoms with Crippen molar-refractivity contribution in [3.05, 3.63) is 29.3 Å². The van der Waals surface area contributed by atoms with Crippen LogP contribution in [-0.4, -0.2) is 52.4 Å².